The van der Waals surface area contributed by atoms with Crippen LogP contribution < -0.4 is 5.73 Å². The molecule has 0 spiro atoms. The normalized spacial score (nSPS) is 12.4. The van der Waals surface area contributed by atoms with Crippen molar-refractivity contribution in [3.8, 4) is 0 Å². The van der Waals surface area contributed by atoms with Gasteiger partial charge < -0.3 is 10.3 Å². The van der Waals surface area contributed by atoms with Crippen LogP contribution in [-0.2, 0) is 12.0 Å². The van der Waals surface area contributed by atoms with Gasteiger partial charge in [0.05, 0.1) is 5.69 Å². The largest absolute Gasteiger partial charge is 0.384 e. The number of nitrogens with two attached hydrogens (primary N) is 1. The number of hydrogen-bond donors (Lipinski definition) is 1. The van der Waals surface area contributed by atoms with Gasteiger partial charge in [-0.2, -0.15) is 0 Å². The van der Waals surface area contributed by atoms with Gasteiger partial charge in [0, 0.05) is 17.9 Å². The van der Waals surface area contributed by atoms with Gasteiger partial charge in [-0.15, -0.1) is 0 Å². The second-order valence-electron chi connectivity index (χ2n) is 5.71. The molecule has 3 nitrogen and oxygen atoms in total. The van der Waals surface area contributed by atoms with E-state index in [0.29, 0.717) is 5.92 Å². The van der Waals surface area contributed by atoms with Gasteiger partial charge in [-0.25, -0.2) is 4.98 Å². The van der Waals surface area contributed by atoms with Crippen molar-refractivity contribution in [1.82, 2.24) is 9.55 Å². The second kappa shape index (κ2) is 5.11. The number of hydrogen-bond acceptors (Lipinski definition) is 2. The zero-order chi connectivity index (χ0) is 13.2. The molecule has 0 saturated heterocycles. The number of nitrogens with zero attached hydrogens (tertiary/aromatic N) is 2. The summed E-state index contributed by atoms with van der Waals surface area (Å²) in [7, 11) is 0. The van der Waals surface area contributed by atoms with E-state index < -0.39 is 0 Å². The van der Waals surface area contributed by atoms with Gasteiger partial charge in [0.15, 0.2) is 0 Å². The van der Waals surface area contributed by atoms with Crippen LogP contribution in [0.5, 0.6) is 0 Å². The van der Waals surface area contributed by atoms with E-state index in [-0.39, 0.29) is 5.41 Å². The summed E-state index contributed by atoms with van der Waals surface area (Å²) in [6.07, 6.45) is 2.20. The number of imidazole rings is 1. The fraction of sp³-hybridized carbons (Fsp3) is 0.786. The third-order valence-corrected chi connectivity index (χ3v) is 3.39. The lowest BCUT2D eigenvalue weighted by Gasteiger charge is -2.19. The van der Waals surface area contributed by atoms with Crippen LogP contribution in [0, 0.1) is 0 Å². The first-order chi connectivity index (χ1) is 7.86. The maximum absolute atomic E-state index is 6.26. The zero-order valence-electron chi connectivity index (χ0n) is 12.2. The minimum Gasteiger partial charge on any atom is -0.384 e. The fourth-order valence-electron chi connectivity index (χ4n) is 2.35. The van der Waals surface area contributed by atoms with Gasteiger partial charge in [-0.05, 0) is 19.8 Å². The standard InChI is InChI=1S/C14H27N3/c1-7-10(8-2)11-12(15)17(9-3)13(16-11)14(4,5)6/h10H,7-9,15H2,1-6H3. The Morgan fingerprint density at radius 3 is 2.00 bits per heavy atom. The predicted octanol–water partition coefficient (Wildman–Crippen LogP) is 3.69. The van der Waals surface area contributed by atoms with Gasteiger partial charge in [0.1, 0.15) is 11.6 Å². The molecule has 0 saturated carbocycles. The Bertz CT molecular complexity index is 368. The molecular weight excluding hydrogens is 210 g/mol. The highest BCUT2D eigenvalue weighted by Crippen LogP contribution is 2.32. The van der Waals surface area contributed by atoms with Crippen LogP contribution in [0.4, 0.5) is 5.82 Å². The van der Waals surface area contributed by atoms with Crippen molar-refractivity contribution in [2.75, 3.05) is 5.73 Å². The molecule has 17 heavy (non-hydrogen) atoms. The second-order valence-corrected chi connectivity index (χ2v) is 5.71. The Balaban J connectivity index is 3.31. The first-order valence-corrected chi connectivity index (χ1v) is 6.73. The highest BCUT2D eigenvalue weighted by molar-refractivity contribution is 5.42. The first kappa shape index (κ1) is 14.1. The van der Waals surface area contributed by atoms with Crippen molar-refractivity contribution < 1.29 is 0 Å². The van der Waals surface area contributed by atoms with Crippen LogP contribution in [0.3, 0.4) is 0 Å². The lowest BCUT2D eigenvalue weighted by molar-refractivity contribution is 0.506. The molecule has 0 radical (unpaired) electrons. The minimum absolute atomic E-state index is 0.0500. The highest BCUT2D eigenvalue weighted by atomic mass is 15.1. The quantitative estimate of drug-likeness (QED) is 0.868. The van der Waals surface area contributed by atoms with E-state index in [1.165, 1.54) is 0 Å². The lowest BCUT2D eigenvalue weighted by Crippen LogP contribution is -2.19. The predicted molar refractivity (Wildman–Crippen MR) is 74.3 cm³/mol. The number of rotatable bonds is 4. The Labute approximate surface area is 105 Å². The third kappa shape index (κ3) is 2.64. The van der Waals surface area contributed by atoms with Crippen LogP contribution in [0.25, 0.3) is 0 Å². The molecule has 3 heteroatoms. The number of nitrogen functional groups attached to an aromatic ring is 1. The smallest absolute Gasteiger partial charge is 0.127 e. The topological polar surface area (TPSA) is 43.8 Å². The third-order valence-electron chi connectivity index (χ3n) is 3.39. The first-order valence-electron chi connectivity index (χ1n) is 6.73. The molecule has 0 amide bonds. The minimum atomic E-state index is 0.0500. The molecule has 0 aliphatic carbocycles. The molecular formula is C14H27N3. The molecule has 98 valence electrons. The summed E-state index contributed by atoms with van der Waals surface area (Å²) >= 11 is 0. The van der Waals surface area contributed by atoms with Gasteiger partial charge in [-0.1, -0.05) is 34.6 Å². The summed E-state index contributed by atoms with van der Waals surface area (Å²) in [5, 5.41) is 0. The molecule has 1 heterocycles. The van der Waals surface area contributed by atoms with Crippen LogP contribution >= 0.6 is 0 Å². The van der Waals surface area contributed by atoms with Gasteiger partial charge >= 0.3 is 0 Å². The van der Waals surface area contributed by atoms with Crippen molar-refractivity contribution in [3.63, 3.8) is 0 Å². The summed E-state index contributed by atoms with van der Waals surface area (Å²) in [6.45, 7) is 14.0. The Morgan fingerprint density at radius 1 is 1.18 bits per heavy atom. The average molecular weight is 237 g/mol. The summed E-state index contributed by atoms with van der Waals surface area (Å²) in [6, 6.07) is 0. The number of anilines is 1. The molecule has 0 unspecified atom stereocenters. The van der Waals surface area contributed by atoms with Gasteiger partial charge in [0.2, 0.25) is 0 Å². The highest BCUT2D eigenvalue weighted by Gasteiger charge is 2.26. The molecule has 0 atom stereocenters. The van der Waals surface area contributed by atoms with Crippen molar-refractivity contribution >= 4 is 5.82 Å². The molecule has 1 rings (SSSR count). The van der Waals surface area contributed by atoms with Crippen molar-refractivity contribution in [3.05, 3.63) is 11.5 Å². The average Bonchev–Trinajstić information content (AvgIpc) is 2.58. The van der Waals surface area contributed by atoms with E-state index in [4.69, 9.17) is 10.7 Å². The van der Waals surface area contributed by atoms with Crippen molar-refractivity contribution in [2.45, 2.75) is 72.3 Å². The molecule has 0 fully saturated rings. The maximum Gasteiger partial charge on any atom is 0.127 e. The van der Waals surface area contributed by atoms with Crippen LogP contribution in [-0.4, -0.2) is 9.55 Å². The SMILES string of the molecule is CCC(CC)c1nc(C(C)(C)C)n(CC)c1N. The molecule has 0 aliphatic rings. The van der Waals surface area contributed by atoms with Crippen LogP contribution in [0.15, 0.2) is 0 Å². The van der Waals surface area contributed by atoms with E-state index in [1.54, 1.807) is 0 Å². The maximum atomic E-state index is 6.26. The Hall–Kier alpha value is -0.990. The molecule has 2 N–H and O–H groups in total. The van der Waals surface area contributed by atoms with Crippen LogP contribution in [0.1, 0.15) is 71.8 Å². The molecule has 1 aromatic rings. The molecule has 0 aromatic carbocycles. The van der Waals surface area contributed by atoms with E-state index in [1.807, 2.05) is 0 Å². The Morgan fingerprint density at radius 2 is 1.71 bits per heavy atom. The zero-order valence-corrected chi connectivity index (χ0v) is 12.2. The Kier molecular flexibility index (Phi) is 4.23. The van der Waals surface area contributed by atoms with Gasteiger partial charge in [0.25, 0.3) is 0 Å². The van der Waals surface area contributed by atoms with Crippen molar-refractivity contribution in [1.29, 1.82) is 0 Å². The van der Waals surface area contributed by atoms with E-state index >= 15 is 0 Å². The molecule has 0 aliphatic heterocycles. The summed E-state index contributed by atoms with van der Waals surface area (Å²) in [5.41, 5.74) is 7.41. The van der Waals surface area contributed by atoms with E-state index in [9.17, 15) is 0 Å². The molecule has 0 bridgehead atoms. The summed E-state index contributed by atoms with van der Waals surface area (Å²) < 4.78 is 2.16. The fourth-order valence-corrected chi connectivity index (χ4v) is 2.35. The lowest BCUT2D eigenvalue weighted by atomic mass is 9.95. The summed E-state index contributed by atoms with van der Waals surface area (Å²) in [4.78, 5) is 4.83. The summed E-state index contributed by atoms with van der Waals surface area (Å²) in [5.74, 6) is 2.47. The monoisotopic (exact) mass is 237 g/mol. The van der Waals surface area contributed by atoms with E-state index in [0.717, 1.165) is 36.7 Å². The van der Waals surface area contributed by atoms with Crippen LogP contribution in [0.2, 0.25) is 0 Å². The van der Waals surface area contributed by atoms with Gasteiger partial charge in [-0.3, -0.25) is 0 Å². The van der Waals surface area contributed by atoms with Crippen molar-refractivity contribution in [2.24, 2.45) is 0 Å². The van der Waals surface area contributed by atoms with E-state index in [2.05, 4.69) is 46.1 Å². The molecule has 1 aromatic heterocycles. The number of aromatic nitrogens is 2.